The van der Waals surface area contributed by atoms with E-state index in [1.54, 1.807) is 14.0 Å². The number of aryl methyl sites for hydroxylation is 1. The summed E-state index contributed by atoms with van der Waals surface area (Å²) in [6, 6.07) is 1.87. The molecule has 0 aliphatic heterocycles. The number of rotatable bonds is 3. The lowest BCUT2D eigenvalue weighted by molar-refractivity contribution is 0.103. The van der Waals surface area contributed by atoms with Gasteiger partial charge in [-0.2, -0.15) is 0 Å². The van der Waals surface area contributed by atoms with Crippen LogP contribution in [0.4, 0.5) is 0 Å². The third-order valence-corrected chi connectivity index (χ3v) is 2.86. The summed E-state index contributed by atoms with van der Waals surface area (Å²) in [5, 5.41) is 0. The van der Waals surface area contributed by atoms with E-state index in [0.717, 1.165) is 28.0 Å². The number of benzene rings is 1. The van der Waals surface area contributed by atoms with Crippen molar-refractivity contribution in [1.82, 2.24) is 0 Å². The van der Waals surface area contributed by atoms with Crippen LogP contribution in [-0.2, 0) is 0 Å². The molecule has 0 heterocycles. The first-order chi connectivity index (χ1) is 7.40. The summed E-state index contributed by atoms with van der Waals surface area (Å²) in [4.78, 5) is 11.9. The molecular formula is C14H18O2. The summed E-state index contributed by atoms with van der Waals surface area (Å²) in [7, 11) is 1.65. The number of allylic oxidation sites excluding steroid dienone is 1. The SMILES string of the molecule is C=C(C)C(=O)c1cc(C)c(OC)c(C)c1C. The highest BCUT2D eigenvalue weighted by atomic mass is 16.5. The van der Waals surface area contributed by atoms with Crippen LogP contribution in [0.3, 0.4) is 0 Å². The Morgan fingerprint density at radius 1 is 1.25 bits per heavy atom. The summed E-state index contributed by atoms with van der Waals surface area (Å²) in [6.45, 7) is 11.3. The molecule has 16 heavy (non-hydrogen) atoms. The van der Waals surface area contributed by atoms with E-state index < -0.39 is 0 Å². The highest BCUT2D eigenvalue weighted by Crippen LogP contribution is 2.29. The fraction of sp³-hybridized carbons (Fsp3) is 0.357. The standard InChI is InChI=1S/C14H18O2/c1-8(2)13(15)12-7-9(3)14(16-6)11(5)10(12)4/h7H,1H2,2-6H3. The first kappa shape index (κ1) is 12.5. The molecule has 0 fully saturated rings. The summed E-state index contributed by atoms with van der Waals surface area (Å²) < 4.78 is 5.32. The van der Waals surface area contributed by atoms with E-state index in [4.69, 9.17) is 4.74 Å². The first-order valence-electron chi connectivity index (χ1n) is 5.25. The highest BCUT2D eigenvalue weighted by Gasteiger charge is 2.15. The van der Waals surface area contributed by atoms with Gasteiger partial charge in [0.15, 0.2) is 5.78 Å². The van der Waals surface area contributed by atoms with Crippen LogP contribution in [0.15, 0.2) is 18.2 Å². The van der Waals surface area contributed by atoms with Crippen molar-refractivity contribution < 1.29 is 9.53 Å². The van der Waals surface area contributed by atoms with Gasteiger partial charge >= 0.3 is 0 Å². The molecule has 0 spiro atoms. The molecular weight excluding hydrogens is 200 g/mol. The zero-order chi connectivity index (χ0) is 12.5. The van der Waals surface area contributed by atoms with Crippen LogP contribution in [0.5, 0.6) is 5.75 Å². The maximum atomic E-state index is 11.9. The molecule has 86 valence electrons. The largest absolute Gasteiger partial charge is 0.496 e. The molecule has 0 radical (unpaired) electrons. The molecule has 1 rings (SSSR count). The van der Waals surface area contributed by atoms with E-state index in [-0.39, 0.29) is 5.78 Å². The Kier molecular flexibility index (Phi) is 3.53. The fourth-order valence-electron chi connectivity index (χ4n) is 1.84. The van der Waals surface area contributed by atoms with E-state index in [1.807, 2.05) is 26.8 Å². The maximum absolute atomic E-state index is 11.9. The molecule has 2 heteroatoms. The van der Waals surface area contributed by atoms with Crippen LogP contribution in [-0.4, -0.2) is 12.9 Å². The maximum Gasteiger partial charge on any atom is 0.188 e. The van der Waals surface area contributed by atoms with Crippen LogP contribution in [0.25, 0.3) is 0 Å². The van der Waals surface area contributed by atoms with Gasteiger partial charge in [-0.1, -0.05) is 6.58 Å². The van der Waals surface area contributed by atoms with Gasteiger partial charge in [0.25, 0.3) is 0 Å². The Bertz CT molecular complexity index is 456. The lowest BCUT2D eigenvalue weighted by Crippen LogP contribution is -2.06. The second kappa shape index (κ2) is 4.52. The second-order valence-corrected chi connectivity index (χ2v) is 4.13. The zero-order valence-electron chi connectivity index (χ0n) is 10.6. The van der Waals surface area contributed by atoms with Gasteiger partial charge < -0.3 is 4.74 Å². The molecule has 1 aromatic rings. The lowest BCUT2D eigenvalue weighted by atomic mass is 9.94. The molecule has 0 aromatic heterocycles. The number of carbonyl (C=O) groups excluding carboxylic acids is 1. The van der Waals surface area contributed by atoms with Crippen molar-refractivity contribution >= 4 is 5.78 Å². The molecule has 2 nitrogen and oxygen atoms in total. The number of hydrogen-bond acceptors (Lipinski definition) is 2. The van der Waals surface area contributed by atoms with Crippen LogP contribution < -0.4 is 4.74 Å². The Morgan fingerprint density at radius 3 is 2.25 bits per heavy atom. The summed E-state index contributed by atoms with van der Waals surface area (Å²) >= 11 is 0. The Balaban J connectivity index is 3.45. The quantitative estimate of drug-likeness (QED) is 0.574. The fourth-order valence-corrected chi connectivity index (χ4v) is 1.84. The average molecular weight is 218 g/mol. The Labute approximate surface area is 96.9 Å². The Hall–Kier alpha value is -1.57. The molecule has 0 aliphatic carbocycles. The number of Topliss-reactive ketones (excluding diaryl/α,β-unsaturated/α-hetero) is 1. The molecule has 0 saturated heterocycles. The molecule has 0 atom stereocenters. The lowest BCUT2D eigenvalue weighted by Gasteiger charge is -2.14. The zero-order valence-corrected chi connectivity index (χ0v) is 10.6. The monoisotopic (exact) mass is 218 g/mol. The summed E-state index contributed by atoms with van der Waals surface area (Å²) in [5.41, 5.74) is 4.26. The van der Waals surface area contributed by atoms with Crippen molar-refractivity contribution in [2.24, 2.45) is 0 Å². The predicted molar refractivity (Wildman–Crippen MR) is 66.3 cm³/mol. The van der Waals surface area contributed by atoms with Gasteiger partial charge in [-0.05, 0) is 56.0 Å². The van der Waals surface area contributed by atoms with Gasteiger partial charge in [-0.15, -0.1) is 0 Å². The van der Waals surface area contributed by atoms with Gasteiger partial charge in [0, 0.05) is 5.56 Å². The van der Waals surface area contributed by atoms with E-state index >= 15 is 0 Å². The number of methoxy groups -OCH3 is 1. The second-order valence-electron chi connectivity index (χ2n) is 4.13. The third-order valence-electron chi connectivity index (χ3n) is 2.86. The van der Waals surface area contributed by atoms with Crippen LogP contribution in [0.1, 0.15) is 34.0 Å². The van der Waals surface area contributed by atoms with Crippen molar-refractivity contribution in [3.63, 3.8) is 0 Å². The minimum atomic E-state index is 0.00588. The highest BCUT2D eigenvalue weighted by molar-refractivity contribution is 6.09. The summed E-state index contributed by atoms with van der Waals surface area (Å²) in [5.74, 6) is 0.863. The van der Waals surface area contributed by atoms with E-state index in [2.05, 4.69) is 6.58 Å². The molecule has 0 bridgehead atoms. The molecule has 0 unspecified atom stereocenters. The molecule has 1 aromatic carbocycles. The van der Waals surface area contributed by atoms with Crippen molar-refractivity contribution in [2.45, 2.75) is 27.7 Å². The number of hydrogen-bond donors (Lipinski definition) is 0. The van der Waals surface area contributed by atoms with Gasteiger partial charge in [-0.3, -0.25) is 4.79 Å². The van der Waals surface area contributed by atoms with Crippen molar-refractivity contribution in [2.75, 3.05) is 7.11 Å². The Morgan fingerprint density at radius 2 is 1.81 bits per heavy atom. The van der Waals surface area contributed by atoms with Crippen molar-refractivity contribution in [3.8, 4) is 5.75 Å². The first-order valence-corrected chi connectivity index (χ1v) is 5.25. The van der Waals surface area contributed by atoms with Gasteiger partial charge in [0.1, 0.15) is 5.75 Å². The minimum absolute atomic E-state index is 0.00588. The van der Waals surface area contributed by atoms with E-state index in [0.29, 0.717) is 5.57 Å². The van der Waals surface area contributed by atoms with Gasteiger partial charge in [-0.25, -0.2) is 0 Å². The normalized spacial score (nSPS) is 10.1. The number of ketones is 1. The van der Waals surface area contributed by atoms with E-state index in [1.165, 1.54) is 0 Å². The summed E-state index contributed by atoms with van der Waals surface area (Å²) in [6.07, 6.45) is 0. The topological polar surface area (TPSA) is 26.3 Å². The molecule has 0 N–H and O–H groups in total. The average Bonchev–Trinajstić information content (AvgIpc) is 2.23. The van der Waals surface area contributed by atoms with Crippen molar-refractivity contribution in [1.29, 1.82) is 0 Å². The molecule has 0 saturated carbocycles. The van der Waals surface area contributed by atoms with Crippen LogP contribution >= 0.6 is 0 Å². The number of carbonyl (C=O) groups is 1. The van der Waals surface area contributed by atoms with E-state index in [9.17, 15) is 4.79 Å². The smallest absolute Gasteiger partial charge is 0.188 e. The number of ether oxygens (including phenoxy) is 1. The third kappa shape index (κ3) is 2.01. The molecule has 0 amide bonds. The van der Waals surface area contributed by atoms with Gasteiger partial charge in [0.2, 0.25) is 0 Å². The van der Waals surface area contributed by atoms with Crippen LogP contribution in [0.2, 0.25) is 0 Å². The minimum Gasteiger partial charge on any atom is -0.496 e. The van der Waals surface area contributed by atoms with Gasteiger partial charge in [0.05, 0.1) is 7.11 Å². The predicted octanol–water partition coefficient (Wildman–Crippen LogP) is 3.38. The van der Waals surface area contributed by atoms with Crippen molar-refractivity contribution in [3.05, 3.63) is 40.5 Å². The van der Waals surface area contributed by atoms with Crippen LogP contribution in [0, 0.1) is 20.8 Å². The molecule has 0 aliphatic rings.